The van der Waals surface area contributed by atoms with Crippen molar-refractivity contribution in [3.8, 4) is 11.3 Å². The number of amides is 1. The molecule has 28 heavy (non-hydrogen) atoms. The Kier molecular flexibility index (Phi) is 6.27. The van der Waals surface area contributed by atoms with Crippen LogP contribution in [0.4, 0.5) is 10.2 Å². The molecular formula is C23H22FN3O. The normalized spacial score (nSPS) is 10.4. The van der Waals surface area contributed by atoms with E-state index in [1.807, 2.05) is 50.3 Å². The number of carbonyl (C=O) groups excluding carboxylic acids is 1. The summed E-state index contributed by atoms with van der Waals surface area (Å²) >= 11 is 0. The van der Waals surface area contributed by atoms with Crippen molar-refractivity contribution in [3.63, 3.8) is 0 Å². The van der Waals surface area contributed by atoms with E-state index in [9.17, 15) is 9.18 Å². The Morgan fingerprint density at radius 1 is 1.07 bits per heavy atom. The maximum Gasteiger partial charge on any atom is 0.225 e. The molecule has 1 N–H and O–H groups in total. The molecule has 0 saturated heterocycles. The summed E-state index contributed by atoms with van der Waals surface area (Å²) in [5.74, 6) is 0.00439. The fraction of sp³-hybridized carbons (Fsp3) is 0.174. The summed E-state index contributed by atoms with van der Waals surface area (Å²) in [6.07, 6.45) is 4.47. The third-order valence-corrected chi connectivity index (χ3v) is 4.11. The molecule has 4 nitrogen and oxygen atoms in total. The van der Waals surface area contributed by atoms with Gasteiger partial charge in [-0.3, -0.25) is 4.79 Å². The van der Waals surface area contributed by atoms with E-state index in [-0.39, 0.29) is 11.7 Å². The van der Waals surface area contributed by atoms with E-state index in [4.69, 9.17) is 0 Å². The van der Waals surface area contributed by atoms with Gasteiger partial charge in [0.2, 0.25) is 5.91 Å². The predicted octanol–water partition coefficient (Wildman–Crippen LogP) is 5.28. The lowest BCUT2D eigenvalue weighted by Gasteiger charge is -2.10. The molecule has 3 rings (SSSR count). The summed E-state index contributed by atoms with van der Waals surface area (Å²) in [6, 6.07) is 16.0. The van der Waals surface area contributed by atoms with Crippen LogP contribution in [0.1, 0.15) is 31.5 Å². The minimum atomic E-state index is -0.302. The van der Waals surface area contributed by atoms with Crippen LogP contribution < -0.4 is 5.32 Å². The maximum absolute atomic E-state index is 13.2. The molecule has 3 aromatic rings. The van der Waals surface area contributed by atoms with Gasteiger partial charge in [-0.05, 0) is 56.2 Å². The van der Waals surface area contributed by atoms with Gasteiger partial charge in [0.25, 0.3) is 0 Å². The van der Waals surface area contributed by atoms with Crippen molar-refractivity contribution in [1.82, 2.24) is 9.97 Å². The molecule has 0 fully saturated rings. The first-order valence-electron chi connectivity index (χ1n) is 9.13. The zero-order valence-electron chi connectivity index (χ0n) is 15.9. The molecular weight excluding hydrogens is 353 g/mol. The number of benzene rings is 2. The van der Waals surface area contributed by atoms with Gasteiger partial charge in [0, 0.05) is 12.0 Å². The van der Waals surface area contributed by atoms with Crippen molar-refractivity contribution in [2.45, 2.75) is 26.7 Å². The van der Waals surface area contributed by atoms with Crippen LogP contribution in [0, 0.1) is 5.82 Å². The lowest BCUT2D eigenvalue weighted by atomic mass is 10.1. The highest BCUT2D eigenvalue weighted by molar-refractivity contribution is 5.91. The molecule has 1 heterocycles. The van der Waals surface area contributed by atoms with Crippen molar-refractivity contribution in [3.05, 3.63) is 83.4 Å². The second kappa shape index (κ2) is 9.04. The Balaban J connectivity index is 1.78. The van der Waals surface area contributed by atoms with E-state index in [2.05, 4.69) is 15.3 Å². The van der Waals surface area contributed by atoms with Crippen LogP contribution in [0.5, 0.6) is 0 Å². The average molecular weight is 375 g/mol. The average Bonchev–Trinajstić information content (AvgIpc) is 2.69. The molecule has 1 amide bonds. The zero-order valence-corrected chi connectivity index (χ0v) is 15.9. The van der Waals surface area contributed by atoms with E-state index >= 15 is 0 Å². The minimum Gasteiger partial charge on any atom is -0.309 e. The monoisotopic (exact) mass is 375 g/mol. The lowest BCUT2D eigenvalue weighted by Crippen LogP contribution is -2.15. The largest absolute Gasteiger partial charge is 0.309 e. The Morgan fingerprint density at radius 3 is 2.46 bits per heavy atom. The Hall–Kier alpha value is -3.34. The summed E-state index contributed by atoms with van der Waals surface area (Å²) in [5, 5.41) is 2.86. The highest BCUT2D eigenvalue weighted by Crippen LogP contribution is 2.22. The Bertz CT molecular complexity index is 978. The number of allylic oxidation sites excluding steroid dienone is 1. The standard InChI is InChI=1S/C23H22FN3O/c1-16(2)14-20-23(27-22(28)13-8-17-6-4-3-5-7-17)25-15-21(26-20)18-9-11-19(24)12-10-18/h3-7,9-12,14-15H,8,13H2,1-2H3,(H,25,27,28). The number of carbonyl (C=O) groups is 1. The van der Waals surface area contributed by atoms with Gasteiger partial charge in [-0.25, -0.2) is 14.4 Å². The summed E-state index contributed by atoms with van der Waals surface area (Å²) in [5.41, 5.74) is 4.11. The number of nitrogens with one attached hydrogen (secondary N) is 1. The predicted molar refractivity (Wildman–Crippen MR) is 110 cm³/mol. The third kappa shape index (κ3) is 5.33. The van der Waals surface area contributed by atoms with Gasteiger partial charge in [0.05, 0.1) is 11.9 Å². The maximum atomic E-state index is 13.2. The van der Waals surface area contributed by atoms with Crippen LogP contribution in [0.2, 0.25) is 0 Å². The van der Waals surface area contributed by atoms with Crippen LogP contribution in [0.15, 0.2) is 66.4 Å². The molecule has 0 spiro atoms. The molecule has 0 bridgehead atoms. The number of anilines is 1. The summed E-state index contributed by atoms with van der Waals surface area (Å²) in [4.78, 5) is 21.4. The summed E-state index contributed by atoms with van der Waals surface area (Å²) in [7, 11) is 0. The fourth-order valence-corrected chi connectivity index (χ4v) is 2.73. The van der Waals surface area contributed by atoms with E-state index in [0.29, 0.717) is 30.0 Å². The quantitative estimate of drug-likeness (QED) is 0.638. The highest BCUT2D eigenvalue weighted by Gasteiger charge is 2.11. The van der Waals surface area contributed by atoms with Crippen LogP contribution in [0.3, 0.4) is 0 Å². The molecule has 1 aromatic heterocycles. The SMILES string of the molecule is CC(C)=Cc1nc(-c2ccc(F)cc2)cnc1NC(=O)CCc1ccccc1. The van der Waals surface area contributed by atoms with Crippen molar-refractivity contribution < 1.29 is 9.18 Å². The number of rotatable bonds is 6. The molecule has 0 aliphatic rings. The number of aromatic nitrogens is 2. The van der Waals surface area contributed by atoms with E-state index in [0.717, 1.165) is 16.7 Å². The molecule has 0 saturated carbocycles. The molecule has 0 aliphatic heterocycles. The third-order valence-electron chi connectivity index (χ3n) is 4.11. The first-order valence-corrected chi connectivity index (χ1v) is 9.13. The molecule has 142 valence electrons. The van der Waals surface area contributed by atoms with Gasteiger partial charge >= 0.3 is 0 Å². The van der Waals surface area contributed by atoms with Crippen LogP contribution in [-0.2, 0) is 11.2 Å². The van der Waals surface area contributed by atoms with E-state index in [1.54, 1.807) is 18.3 Å². The Morgan fingerprint density at radius 2 is 1.79 bits per heavy atom. The van der Waals surface area contributed by atoms with Crippen molar-refractivity contribution >= 4 is 17.8 Å². The molecule has 0 atom stereocenters. The number of nitrogens with zero attached hydrogens (tertiary/aromatic N) is 2. The topological polar surface area (TPSA) is 54.9 Å². The first kappa shape index (κ1) is 19.4. The number of halogens is 1. The van der Waals surface area contributed by atoms with Crippen molar-refractivity contribution in [1.29, 1.82) is 0 Å². The first-order chi connectivity index (χ1) is 13.5. The smallest absolute Gasteiger partial charge is 0.225 e. The number of hydrogen-bond acceptors (Lipinski definition) is 3. The number of hydrogen-bond donors (Lipinski definition) is 1. The fourth-order valence-electron chi connectivity index (χ4n) is 2.73. The molecule has 0 aliphatic carbocycles. The summed E-state index contributed by atoms with van der Waals surface area (Å²) in [6.45, 7) is 3.90. The van der Waals surface area contributed by atoms with Gasteiger partial charge < -0.3 is 5.32 Å². The Labute approximate surface area is 164 Å². The second-order valence-electron chi connectivity index (χ2n) is 6.75. The summed E-state index contributed by atoms with van der Waals surface area (Å²) < 4.78 is 13.2. The molecule has 2 aromatic carbocycles. The van der Waals surface area contributed by atoms with Crippen molar-refractivity contribution in [2.24, 2.45) is 0 Å². The van der Waals surface area contributed by atoms with Crippen molar-refractivity contribution in [2.75, 3.05) is 5.32 Å². The second-order valence-corrected chi connectivity index (χ2v) is 6.75. The lowest BCUT2D eigenvalue weighted by molar-refractivity contribution is -0.116. The zero-order chi connectivity index (χ0) is 19.9. The van der Waals surface area contributed by atoms with Crippen LogP contribution in [0.25, 0.3) is 17.3 Å². The van der Waals surface area contributed by atoms with Crippen LogP contribution in [-0.4, -0.2) is 15.9 Å². The van der Waals surface area contributed by atoms with Gasteiger partial charge in [-0.2, -0.15) is 0 Å². The molecule has 0 radical (unpaired) electrons. The van der Waals surface area contributed by atoms with Gasteiger partial charge in [-0.1, -0.05) is 35.9 Å². The van der Waals surface area contributed by atoms with Crippen LogP contribution >= 0.6 is 0 Å². The molecule has 0 unspecified atom stereocenters. The van der Waals surface area contributed by atoms with E-state index < -0.39 is 0 Å². The highest BCUT2D eigenvalue weighted by atomic mass is 19.1. The van der Waals surface area contributed by atoms with Gasteiger partial charge in [0.15, 0.2) is 5.82 Å². The minimum absolute atomic E-state index is 0.115. The van der Waals surface area contributed by atoms with Gasteiger partial charge in [-0.15, -0.1) is 0 Å². The van der Waals surface area contributed by atoms with E-state index in [1.165, 1.54) is 12.1 Å². The molecule has 5 heteroatoms. The number of aryl methyl sites for hydroxylation is 1. The van der Waals surface area contributed by atoms with Gasteiger partial charge in [0.1, 0.15) is 11.5 Å².